The number of rotatable bonds is 11. The summed E-state index contributed by atoms with van der Waals surface area (Å²) in [4.78, 5) is 72.2. The van der Waals surface area contributed by atoms with E-state index in [0.717, 1.165) is 87.8 Å². The Morgan fingerprint density at radius 2 is 1.59 bits per heavy atom. The number of aromatic nitrogens is 4. The summed E-state index contributed by atoms with van der Waals surface area (Å²) in [6, 6.07) is 14.1. The summed E-state index contributed by atoms with van der Waals surface area (Å²) in [5.41, 5.74) is 10.5. The zero-order valence-electron chi connectivity index (χ0n) is 40.7. The van der Waals surface area contributed by atoms with Gasteiger partial charge in [0.1, 0.15) is 35.9 Å². The van der Waals surface area contributed by atoms with E-state index >= 15 is 0 Å². The lowest BCUT2D eigenvalue weighted by Gasteiger charge is -2.42. The number of anilines is 3. The molecular weight excluding hydrogens is 889 g/mol. The number of para-hydroxylation sites is 2. The summed E-state index contributed by atoms with van der Waals surface area (Å²) in [5, 5.41) is 18.8. The van der Waals surface area contributed by atoms with E-state index in [1.165, 1.54) is 25.7 Å². The lowest BCUT2D eigenvalue weighted by Crippen LogP contribution is -2.54. The number of piperidine rings is 1. The summed E-state index contributed by atoms with van der Waals surface area (Å²) in [6.07, 6.45) is 18.9. The van der Waals surface area contributed by atoms with Crippen molar-refractivity contribution < 1.29 is 33.4 Å². The molecule has 17 heteroatoms. The maximum absolute atomic E-state index is 13.9. The Labute approximate surface area is 410 Å². The summed E-state index contributed by atoms with van der Waals surface area (Å²) in [7, 11) is 0. The SMILES string of the molecule is CC(C)C(NC(=O)C1CCCCCCCCCC1)C(=O)Oc1ccccc1-c1cc(-n2cc(N3CCN(C4CCC(c5cccc6c5OCCN6[C@H]5CCC(=O)NC5=O)CC4)CC3=O)cn2)c(N)nn1. The number of carbonyl (C=O) groups is 5. The van der Waals surface area contributed by atoms with Gasteiger partial charge >= 0.3 is 5.97 Å². The molecule has 2 aliphatic carbocycles. The van der Waals surface area contributed by atoms with E-state index in [4.69, 9.17) is 15.2 Å². The number of fused-ring (bicyclic) bond motifs is 1. The van der Waals surface area contributed by atoms with Gasteiger partial charge in [0, 0.05) is 37.0 Å². The van der Waals surface area contributed by atoms with Crippen molar-refractivity contribution in [2.24, 2.45) is 11.8 Å². The minimum atomic E-state index is -0.835. The summed E-state index contributed by atoms with van der Waals surface area (Å²) in [5.74, 6) is 0.107. The number of imide groups is 1. The number of nitrogens with two attached hydrogens (primary N) is 1. The zero-order chi connectivity index (χ0) is 48.7. The highest BCUT2D eigenvalue weighted by Crippen LogP contribution is 2.45. The number of hydrogen-bond acceptors (Lipinski definition) is 13. The number of benzene rings is 2. The van der Waals surface area contributed by atoms with Crippen molar-refractivity contribution in [1.29, 1.82) is 0 Å². The number of piperazine rings is 1. The molecule has 0 spiro atoms. The van der Waals surface area contributed by atoms with Gasteiger partial charge in [0.25, 0.3) is 0 Å². The Morgan fingerprint density at radius 3 is 2.31 bits per heavy atom. The van der Waals surface area contributed by atoms with Crippen molar-refractivity contribution in [1.82, 2.24) is 35.5 Å². The average molecular weight is 957 g/mol. The van der Waals surface area contributed by atoms with Crippen LogP contribution >= 0.6 is 0 Å². The number of ether oxygens (including phenoxy) is 2. The fourth-order valence-corrected chi connectivity index (χ4v) is 11.2. The molecule has 17 nitrogen and oxygen atoms in total. The van der Waals surface area contributed by atoms with Crippen LogP contribution in [0.1, 0.15) is 128 Å². The molecule has 372 valence electrons. The molecule has 3 aliphatic heterocycles. The number of carbonyl (C=O) groups excluding carboxylic acids is 5. The number of esters is 1. The second kappa shape index (κ2) is 22.2. The molecule has 4 amide bonds. The molecule has 9 rings (SSSR count). The molecule has 2 saturated heterocycles. The van der Waals surface area contributed by atoms with Crippen LogP contribution in [0.2, 0.25) is 0 Å². The zero-order valence-corrected chi connectivity index (χ0v) is 40.7. The molecule has 4 N–H and O–H groups in total. The van der Waals surface area contributed by atoms with E-state index in [1.54, 1.807) is 46.2 Å². The topological polar surface area (TPSA) is 207 Å². The first-order valence-electron chi connectivity index (χ1n) is 25.7. The van der Waals surface area contributed by atoms with Crippen molar-refractivity contribution in [3.63, 3.8) is 0 Å². The molecule has 4 fully saturated rings. The summed E-state index contributed by atoms with van der Waals surface area (Å²) < 4.78 is 13.9. The Morgan fingerprint density at radius 1 is 0.843 bits per heavy atom. The van der Waals surface area contributed by atoms with Crippen LogP contribution in [-0.2, 0) is 24.0 Å². The Kier molecular flexibility index (Phi) is 15.4. The van der Waals surface area contributed by atoms with E-state index in [9.17, 15) is 24.0 Å². The Hall–Kier alpha value is -6.36. The van der Waals surface area contributed by atoms with Gasteiger partial charge in [-0.2, -0.15) is 5.10 Å². The Bertz CT molecular complexity index is 2530. The fraction of sp³-hybridized carbons (Fsp3) is 0.547. The van der Waals surface area contributed by atoms with E-state index in [2.05, 4.69) is 41.8 Å². The smallest absolute Gasteiger partial charge is 0.334 e. The van der Waals surface area contributed by atoms with Crippen LogP contribution in [0.15, 0.2) is 60.9 Å². The number of nitrogen functional groups attached to an aromatic ring is 1. The van der Waals surface area contributed by atoms with Gasteiger partial charge in [-0.3, -0.25) is 29.4 Å². The largest absolute Gasteiger partial charge is 0.489 e. The molecule has 1 unspecified atom stereocenters. The van der Waals surface area contributed by atoms with Crippen LogP contribution in [0.3, 0.4) is 0 Å². The highest BCUT2D eigenvalue weighted by Gasteiger charge is 2.38. The second-order valence-electron chi connectivity index (χ2n) is 20.1. The summed E-state index contributed by atoms with van der Waals surface area (Å²) >= 11 is 0. The molecule has 5 heterocycles. The molecule has 4 aromatic rings. The van der Waals surface area contributed by atoms with E-state index in [0.29, 0.717) is 67.6 Å². The highest BCUT2D eigenvalue weighted by molar-refractivity contribution is 6.02. The maximum atomic E-state index is 13.9. The Balaban J connectivity index is 0.815. The quantitative estimate of drug-likeness (QED) is 0.0799. The van der Waals surface area contributed by atoms with Crippen molar-refractivity contribution in [3.8, 4) is 28.4 Å². The van der Waals surface area contributed by atoms with Crippen molar-refractivity contribution in [3.05, 3.63) is 66.5 Å². The molecule has 2 saturated carbocycles. The lowest BCUT2D eigenvalue weighted by molar-refractivity contribution is -0.141. The van der Waals surface area contributed by atoms with Crippen LogP contribution in [0.4, 0.5) is 17.2 Å². The summed E-state index contributed by atoms with van der Waals surface area (Å²) in [6.45, 7) is 6.40. The predicted molar refractivity (Wildman–Crippen MR) is 265 cm³/mol. The van der Waals surface area contributed by atoms with E-state index in [1.807, 2.05) is 32.0 Å². The number of nitrogens with zero attached hydrogens (tertiary/aromatic N) is 7. The predicted octanol–water partition coefficient (Wildman–Crippen LogP) is 6.87. The molecule has 0 bridgehead atoms. The third kappa shape index (κ3) is 11.0. The first kappa shape index (κ1) is 48.7. The molecule has 2 atom stereocenters. The minimum Gasteiger partial charge on any atom is -0.489 e. The number of nitrogens with one attached hydrogen (secondary N) is 2. The fourth-order valence-electron chi connectivity index (χ4n) is 11.2. The number of amides is 4. The molecule has 2 aromatic heterocycles. The van der Waals surface area contributed by atoms with Gasteiger partial charge < -0.3 is 30.3 Å². The first-order valence-corrected chi connectivity index (χ1v) is 25.7. The second-order valence-corrected chi connectivity index (χ2v) is 20.1. The minimum absolute atomic E-state index is 0.00824. The molecule has 70 heavy (non-hydrogen) atoms. The first-order chi connectivity index (χ1) is 34.0. The monoisotopic (exact) mass is 957 g/mol. The van der Waals surface area contributed by atoms with Gasteiger partial charge in [-0.15, -0.1) is 10.2 Å². The van der Waals surface area contributed by atoms with E-state index < -0.39 is 18.1 Å². The molecule has 2 aromatic carbocycles. The molecular formula is C53H68N10O7. The number of hydrogen-bond donors (Lipinski definition) is 3. The van der Waals surface area contributed by atoms with E-state index in [-0.39, 0.29) is 53.1 Å². The van der Waals surface area contributed by atoms with Gasteiger partial charge in [-0.05, 0) is 86.6 Å². The van der Waals surface area contributed by atoms with Gasteiger partial charge in [0.15, 0.2) is 5.82 Å². The van der Waals surface area contributed by atoms with Gasteiger partial charge in [-0.1, -0.05) is 89.5 Å². The van der Waals surface area contributed by atoms with Gasteiger partial charge in [-0.25, -0.2) is 9.48 Å². The lowest BCUT2D eigenvalue weighted by atomic mass is 9.80. The standard InChI is InChI=1S/C53H68N10O7/c1-34(2)48(57-51(66)36-14-9-7-5-3-4-6-8-10-15-36)53(68)70-45-19-12-11-16-40(45)41-30-44(50(54)59-58-41)63-32-38(31-55-63)61-27-26-60(33-47(61)65)37-22-20-35(21-23-37)39-17-13-18-42-49(39)69-29-28-62(42)43-24-25-46(64)56-52(43)67/h11-13,16-19,30-32,34-37,43,48H,3-10,14-15,20-29,33H2,1-2H3,(H2,54,59)(H,57,66)(H,56,64,67)/t35?,37?,43-,48?/m0/s1. The van der Waals surface area contributed by atoms with Crippen LogP contribution in [0.25, 0.3) is 16.9 Å². The van der Waals surface area contributed by atoms with Crippen molar-refractivity contribution in [2.75, 3.05) is 48.3 Å². The third-order valence-electron chi connectivity index (χ3n) is 15.1. The van der Waals surface area contributed by atoms with Gasteiger partial charge in [0.05, 0.1) is 42.6 Å². The van der Waals surface area contributed by atoms with Crippen LogP contribution < -0.4 is 35.6 Å². The highest BCUT2D eigenvalue weighted by atomic mass is 16.5. The maximum Gasteiger partial charge on any atom is 0.334 e. The van der Waals surface area contributed by atoms with Gasteiger partial charge in [0.2, 0.25) is 23.6 Å². The van der Waals surface area contributed by atoms with Crippen LogP contribution in [0.5, 0.6) is 11.5 Å². The van der Waals surface area contributed by atoms with Crippen LogP contribution in [0, 0.1) is 11.8 Å². The van der Waals surface area contributed by atoms with Crippen molar-refractivity contribution >= 4 is 46.8 Å². The third-order valence-corrected chi connectivity index (χ3v) is 15.1. The molecule has 5 aliphatic rings. The normalized spacial score (nSPS) is 22.6. The van der Waals surface area contributed by atoms with Crippen molar-refractivity contribution in [2.45, 2.75) is 141 Å². The molecule has 0 radical (unpaired) electrons. The van der Waals surface area contributed by atoms with Crippen LogP contribution in [-0.4, -0.2) is 105 Å². The average Bonchev–Trinajstić information content (AvgIpc) is 3.83.